The first-order valence-corrected chi connectivity index (χ1v) is 6.84. The van der Waals surface area contributed by atoms with Gasteiger partial charge in [0.05, 0.1) is 6.61 Å². The van der Waals surface area contributed by atoms with Crippen LogP contribution in [0.1, 0.15) is 58.8 Å². The van der Waals surface area contributed by atoms with Crippen LogP contribution >= 0.6 is 0 Å². The number of hydrogen-bond acceptors (Lipinski definition) is 1. The summed E-state index contributed by atoms with van der Waals surface area (Å²) in [6.07, 6.45) is 10.0. The lowest BCUT2D eigenvalue weighted by Gasteiger charge is -2.46. The van der Waals surface area contributed by atoms with Crippen LogP contribution in [-0.2, 0) is 4.74 Å². The average Bonchev–Trinajstić information content (AvgIpc) is 2.30. The van der Waals surface area contributed by atoms with Gasteiger partial charge in [0, 0.05) is 6.61 Å². The Labute approximate surface area is 94.6 Å². The first-order valence-electron chi connectivity index (χ1n) is 6.84. The Balaban J connectivity index is 2.04. The van der Waals surface area contributed by atoms with Crippen molar-refractivity contribution in [3.05, 3.63) is 0 Å². The van der Waals surface area contributed by atoms with E-state index in [1.807, 2.05) is 0 Å². The van der Waals surface area contributed by atoms with Crippen LogP contribution < -0.4 is 0 Å². The average molecular weight is 210 g/mol. The fraction of sp³-hybridized carbons (Fsp3) is 1.00. The minimum atomic E-state index is 0.540. The molecule has 0 aromatic heterocycles. The molecule has 0 N–H and O–H groups in total. The SMILES string of the molecule is CCC1(C2CCCCC2)COCC(C)C1. The van der Waals surface area contributed by atoms with Gasteiger partial charge in [0.25, 0.3) is 0 Å². The summed E-state index contributed by atoms with van der Waals surface area (Å²) >= 11 is 0. The van der Waals surface area contributed by atoms with Gasteiger partial charge >= 0.3 is 0 Å². The molecule has 1 saturated heterocycles. The number of ether oxygens (including phenoxy) is 1. The maximum Gasteiger partial charge on any atom is 0.0525 e. The van der Waals surface area contributed by atoms with Gasteiger partial charge in [-0.25, -0.2) is 0 Å². The molecule has 2 rings (SSSR count). The Hall–Kier alpha value is -0.0400. The van der Waals surface area contributed by atoms with Crippen molar-refractivity contribution < 1.29 is 4.74 Å². The van der Waals surface area contributed by atoms with Crippen molar-refractivity contribution in [1.29, 1.82) is 0 Å². The van der Waals surface area contributed by atoms with Gasteiger partial charge in [-0.15, -0.1) is 0 Å². The first-order chi connectivity index (χ1) is 7.27. The molecule has 1 nitrogen and oxygen atoms in total. The fourth-order valence-corrected chi connectivity index (χ4v) is 3.81. The molecular formula is C14H26O. The quantitative estimate of drug-likeness (QED) is 0.669. The van der Waals surface area contributed by atoms with Gasteiger partial charge in [0.2, 0.25) is 0 Å². The van der Waals surface area contributed by atoms with E-state index in [9.17, 15) is 0 Å². The van der Waals surface area contributed by atoms with E-state index in [1.54, 1.807) is 0 Å². The van der Waals surface area contributed by atoms with E-state index in [1.165, 1.54) is 44.9 Å². The largest absolute Gasteiger partial charge is 0.381 e. The second-order valence-electron chi connectivity index (χ2n) is 5.88. The Morgan fingerprint density at radius 1 is 1.20 bits per heavy atom. The van der Waals surface area contributed by atoms with E-state index in [0.29, 0.717) is 5.41 Å². The summed E-state index contributed by atoms with van der Waals surface area (Å²) in [5.41, 5.74) is 0.540. The molecule has 0 bridgehead atoms. The summed E-state index contributed by atoms with van der Waals surface area (Å²) < 4.78 is 5.84. The molecule has 2 aliphatic rings. The van der Waals surface area contributed by atoms with Crippen LogP contribution in [0.15, 0.2) is 0 Å². The van der Waals surface area contributed by atoms with Gasteiger partial charge in [0.15, 0.2) is 0 Å². The van der Waals surface area contributed by atoms with Crippen LogP contribution in [0.3, 0.4) is 0 Å². The van der Waals surface area contributed by atoms with Gasteiger partial charge in [-0.2, -0.15) is 0 Å². The Morgan fingerprint density at radius 3 is 2.53 bits per heavy atom. The molecule has 1 aliphatic heterocycles. The van der Waals surface area contributed by atoms with Crippen molar-refractivity contribution in [3.63, 3.8) is 0 Å². The van der Waals surface area contributed by atoms with Gasteiger partial charge in [-0.3, -0.25) is 0 Å². The van der Waals surface area contributed by atoms with Crippen molar-refractivity contribution in [2.24, 2.45) is 17.3 Å². The smallest absolute Gasteiger partial charge is 0.0525 e. The molecule has 1 heteroatoms. The van der Waals surface area contributed by atoms with Gasteiger partial charge < -0.3 is 4.74 Å². The van der Waals surface area contributed by atoms with Crippen molar-refractivity contribution in [2.45, 2.75) is 58.8 Å². The van der Waals surface area contributed by atoms with Crippen LogP contribution in [0.5, 0.6) is 0 Å². The molecule has 0 amide bonds. The Morgan fingerprint density at radius 2 is 1.93 bits per heavy atom. The van der Waals surface area contributed by atoms with E-state index in [4.69, 9.17) is 4.74 Å². The molecule has 88 valence electrons. The molecular weight excluding hydrogens is 184 g/mol. The summed E-state index contributed by atoms with van der Waals surface area (Å²) in [6.45, 7) is 6.76. The maximum atomic E-state index is 5.84. The van der Waals surface area contributed by atoms with Crippen LogP contribution in [0.4, 0.5) is 0 Å². The highest BCUT2D eigenvalue weighted by Gasteiger charge is 2.41. The molecule has 0 aromatic rings. The summed E-state index contributed by atoms with van der Waals surface area (Å²) in [6, 6.07) is 0. The zero-order valence-electron chi connectivity index (χ0n) is 10.4. The molecule has 1 aliphatic carbocycles. The molecule has 15 heavy (non-hydrogen) atoms. The van der Waals surface area contributed by atoms with Crippen LogP contribution in [0.2, 0.25) is 0 Å². The van der Waals surface area contributed by atoms with E-state index < -0.39 is 0 Å². The van der Waals surface area contributed by atoms with Crippen molar-refractivity contribution in [1.82, 2.24) is 0 Å². The topological polar surface area (TPSA) is 9.23 Å². The molecule has 0 radical (unpaired) electrons. The predicted octanol–water partition coefficient (Wildman–Crippen LogP) is 4.02. The molecule has 2 atom stereocenters. The summed E-state index contributed by atoms with van der Waals surface area (Å²) in [7, 11) is 0. The molecule has 1 heterocycles. The Kier molecular flexibility index (Phi) is 3.71. The van der Waals surface area contributed by atoms with Crippen LogP contribution in [-0.4, -0.2) is 13.2 Å². The monoisotopic (exact) mass is 210 g/mol. The summed E-state index contributed by atoms with van der Waals surface area (Å²) in [5, 5.41) is 0. The third-order valence-electron chi connectivity index (χ3n) is 4.72. The lowest BCUT2D eigenvalue weighted by atomic mass is 9.63. The highest BCUT2D eigenvalue weighted by Crippen LogP contribution is 2.47. The minimum Gasteiger partial charge on any atom is -0.381 e. The molecule has 0 spiro atoms. The van der Waals surface area contributed by atoms with Gasteiger partial charge in [-0.1, -0.05) is 33.1 Å². The first kappa shape index (κ1) is 11.4. The van der Waals surface area contributed by atoms with Gasteiger partial charge in [0.1, 0.15) is 0 Å². The molecule has 2 fully saturated rings. The molecule has 0 aromatic carbocycles. The summed E-state index contributed by atoms with van der Waals surface area (Å²) in [4.78, 5) is 0. The third-order valence-corrected chi connectivity index (χ3v) is 4.72. The number of hydrogen-bond donors (Lipinski definition) is 0. The zero-order valence-corrected chi connectivity index (χ0v) is 10.4. The van der Waals surface area contributed by atoms with E-state index in [-0.39, 0.29) is 0 Å². The lowest BCUT2D eigenvalue weighted by molar-refractivity contribution is -0.0784. The highest BCUT2D eigenvalue weighted by molar-refractivity contribution is 4.90. The molecule has 2 unspecified atom stereocenters. The fourth-order valence-electron chi connectivity index (χ4n) is 3.81. The highest BCUT2D eigenvalue weighted by atomic mass is 16.5. The number of rotatable bonds is 2. The minimum absolute atomic E-state index is 0.540. The predicted molar refractivity (Wildman–Crippen MR) is 63.9 cm³/mol. The lowest BCUT2D eigenvalue weighted by Crippen LogP contribution is -2.42. The van der Waals surface area contributed by atoms with E-state index in [0.717, 1.165) is 25.0 Å². The van der Waals surface area contributed by atoms with Crippen LogP contribution in [0.25, 0.3) is 0 Å². The van der Waals surface area contributed by atoms with Crippen molar-refractivity contribution >= 4 is 0 Å². The summed E-state index contributed by atoms with van der Waals surface area (Å²) in [5.74, 6) is 1.74. The Bertz CT molecular complexity index is 196. The maximum absolute atomic E-state index is 5.84. The normalized spacial score (nSPS) is 39.2. The van der Waals surface area contributed by atoms with Crippen molar-refractivity contribution in [3.8, 4) is 0 Å². The van der Waals surface area contributed by atoms with E-state index in [2.05, 4.69) is 13.8 Å². The van der Waals surface area contributed by atoms with Crippen molar-refractivity contribution in [2.75, 3.05) is 13.2 Å². The van der Waals surface area contributed by atoms with Crippen LogP contribution in [0, 0.1) is 17.3 Å². The molecule has 1 saturated carbocycles. The van der Waals surface area contributed by atoms with E-state index >= 15 is 0 Å². The second-order valence-corrected chi connectivity index (χ2v) is 5.88. The standard InChI is InChI=1S/C14H26O/c1-3-14(9-12(2)10-15-11-14)13-7-5-4-6-8-13/h12-13H,3-11H2,1-2H3. The zero-order chi connectivity index (χ0) is 10.7. The second kappa shape index (κ2) is 4.86. The van der Waals surface area contributed by atoms with Gasteiger partial charge in [-0.05, 0) is 42.9 Å². The third kappa shape index (κ3) is 2.38.